The number of esters is 1. The van der Waals surface area contributed by atoms with Crippen LogP contribution in [0.2, 0.25) is 0 Å². The van der Waals surface area contributed by atoms with Crippen LogP contribution in [0, 0.1) is 46.8 Å². The van der Waals surface area contributed by atoms with E-state index < -0.39 is 113 Å². The largest absolute Gasteiger partial charge is 0.420 e. The molecular formula is C53H73F5N6O11S. The Morgan fingerprint density at radius 2 is 1.47 bits per heavy atom. The number of hydrogen-bond acceptors (Lipinski definition) is 13. The smallest absolute Gasteiger partial charge is 0.313 e. The van der Waals surface area contributed by atoms with Gasteiger partial charge in [0, 0.05) is 45.8 Å². The fraction of sp³-hybridized carbons (Fsp3) is 0.604. The van der Waals surface area contributed by atoms with Gasteiger partial charge in [-0.05, 0) is 50.5 Å². The van der Waals surface area contributed by atoms with Gasteiger partial charge in [0.15, 0.2) is 0 Å². The molecule has 8 unspecified atom stereocenters. The van der Waals surface area contributed by atoms with Crippen LogP contribution in [0.4, 0.5) is 22.0 Å². The predicted molar refractivity (Wildman–Crippen MR) is 271 cm³/mol. The van der Waals surface area contributed by atoms with Crippen molar-refractivity contribution >= 4 is 46.8 Å². The molecule has 0 spiro atoms. The average molecular weight is 1100 g/mol. The van der Waals surface area contributed by atoms with Crippen LogP contribution in [0.25, 0.3) is 0 Å². The van der Waals surface area contributed by atoms with Gasteiger partial charge in [0.1, 0.15) is 16.6 Å². The lowest BCUT2D eigenvalue weighted by atomic mass is 9.89. The molecule has 4 rings (SSSR count). The van der Waals surface area contributed by atoms with Gasteiger partial charge < -0.3 is 49.4 Å². The van der Waals surface area contributed by atoms with Gasteiger partial charge in [-0.2, -0.15) is 8.78 Å². The van der Waals surface area contributed by atoms with Gasteiger partial charge >= 0.3 is 5.97 Å². The highest BCUT2D eigenvalue weighted by atomic mass is 32.1. The summed E-state index contributed by atoms with van der Waals surface area (Å²) < 4.78 is 94.6. The number of amides is 5. The number of benzene rings is 2. The van der Waals surface area contributed by atoms with Crippen LogP contribution in [-0.4, -0.2) is 140 Å². The molecule has 1 aliphatic rings. The molecule has 17 nitrogen and oxygen atoms in total. The molecule has 1 aromatic heterocycles. The first-order valence-corrected chi connectivity index (χ1v) is 26.2. The molecule has 0 bridgehead atoms. The molecule has 5 amide bonds. The topological polar surface area (TPSA) is 204 Å². The first-order chi connectivity index (χ1) is 36.0. The van der Waals surface area contributed by atoms with E-state index in [1.807, 2.05) is 49.6 Å². The summed E-state index contributed by atoms with van der Waals surface area (Å²) in [6, 6.07) is 7.40. The SMILES string of the molecule is CCC(C)C(C(CC(=O)N1CCCC1C(OC)C(C)C(=O)NC(Cc1ccccc1)c1nccs1)OC)N(C)C(=O)C(NC(=O)C(C)(C)NC(=O)CCOCCOCCC(=O)Oc1c(F)c(F)c(F)c(F)c1F)C(C)C. The number of carbonyl (C=O) groups is 6. The second kappa shape index (κ2) is 29.8. The summed E-state index contributed by atoms with van der Waals surface area (Å²) in [5.41, 5.74) is -0.451. The predicted octanol–water partition coefficient (Wildman–Crippen LogP) is 6.61. The third-order valence-electron chi connectivity index (χ3n) is 13.5. The van der Waals surface area contributed by atoms with Gasteiger partial charge in [-0.15, -0.1) is 11.3 Å². The minimum absolute atomic E-state index is 0.0660. The van der Waals surface area contributed by atoms with Crippen LogP contribution in [-0.2, 0) is 54.1 Å². The highest BCUT2D eigenvalue weighted by Gasteiger charge is 2.44. The van der Waals surface area contributed by atoms with Crippen molar-refractivity contribution in [3.63, 3.8) is 0 Å². The Hall–Kier alpha value is -5.62. The van der Waals surface area contributed by atoms with Crippen LogP contribution in [0.3, 0.4) is 0 Å². The first-order valence-electron chi connectivity index (χ1n) is 25.3. The standard InChI is InChI=1S/C53H73F5N6O11S/c1-11-31(4)46(36(71-9)29-38(66)64-22-15-18-35(64)47(72-10)32(5)49(68)60-34(50-59-21-27-76-50)28-33-16-13-12-14-17-33)63(8)51(69)45(30(2)3)61-52(70)53(6,7)62-37(65)19-23-73-25-26-74-24-20-39(67)75-48-43(57)41(55)40(54)42(56)44(48)58/h12-14,16-17,21,27,30-32,34-36,45-47H,11,15,18-20,22-26,28-29H2,1-10H3,(H,60,68)(H,61,70)(H,62,65). The molecule has 422 valence electrons. The van der Waals surface area contributed by atoms with Gasteiger partial charge in [0.05, 0.1) is 75.5 Å². The molecule has 2 aromatic carbocycles. The van der Waals surface area contributed by atoms with Gasteiger partial charge in [-0.1, -0.05) is 71.4 Å². The molecule has 3 N–H and O–H groups in total. The van der Waals surface area contributed by atoms with Crippen LogP contribution in [0.15, 0.2) is 41.9 Å². The second-order valence-corrected chi connectivity index (χ2v) is 20.6. The lowest BCUT2D eigenvalue weighted by molar-refractivity contribution is -0.148. The molecule has 3 aromatic rings. The number of carbonyl (C=O) groups excluding carboxylic acids is 6. The van der Waals surface area contributed by atoms with Crippen molar-refractivity contribution in [1.29, 1.82) is 0 Å². The van der Waals surface area contributed by atoms with Gasteiger partial charge in [-0.3, -0.25) is 28.8 Å². The Balaban J connectivity index is 1.30. The fourth-order valence-electron chi connectivity index (χ4n) is 9.07. The third-order valence-corrected chi connectivity index (χ3v) is 14.4. The molecule has 1 fully saturated rings. The summed E-state index contributed by atoms with van der Waals surface area (Å²) in [4.78, 5) is 89.3. The van der Waals surface area contributed by atoms with E-state index in [1.165, 1.54) is 37.2 Å². The van der Waals surface area contributed by atoms with Crippen molar-refractivity contribution < 1.29 is 74.4 Å². The number of ether oxygens (including phenoxy) is 5. The number of methoxy groups -OCH3 is 2. The van der Waals surface area contributed by atoms with E-state index in [0.29, 0.717) is 32.2 Å². The summed E-state index contributed by atoms with van der Waals surface area (Å²) >= 11 is 1.46. The molecule has 76 heavy (non-hydrogen) atoms. The van der Waals surface area contributed by atoms with Gasteiger partial charge in [0.25, 0.3) is 0 Å². The summed E-state index contributed by atoms with van der Waals surface area (Å²) in [6.45, 7) is 12.0. The molecule has 0 radical (unpaired) electrons. The molecule has 1 aliphatic heterocycles. The lowest BCUT2D eigenvalue weighted by Gasteiger charge is -2.41. The third kappa shape index (κ3) is 16.9. The van der Waals surface area contributed by atoms with E-state index in [9.17, 15) is 50.7 Å². The number of aromatic nitrogens is 1. The minimum atomic E-state index is -2.40. The molecule has 2 heterocycles. The summed E-state index contributed by atoms with van der Waals surface area (Å²) in [6.07, 6.45) is 1.94. The van der Waals surface area contributed by atoms with E-state index in [-0.39, 0.29) is 63.0 Å². The van der Waals surface area contributed by atoms with Crippen molar-refractivity contribution in [2.45, 2.75) is 135 Å². The van der Waals surface area contributed by atoms with E-state index >= 15 is 0 Å². The second-order valence-electron chi connectivity index (χ2n) is 19.7. The number of thiazole rings is 1. The molecule has 0 aliphatic carbocycles. The van der Waals surface area contributed by atoms with E-state index in [1.54, 1.807) is 46.0 Å². The number of likely N-dealkylation sites (N-methyl/N-ethyl adjacent to an activating group) is 1. The zero-order chi connectivity index (χ0) is 56.4. The van der Waals surface area contributed by atoms with Crippen LogP contribution >= 0.6 is 11.3 Å². The zero-order valence-corrected chi connectivity index (χ0v) is 45.7. The Morgan fingerprint density at radius 3 is 2.04 bits per heavy atom. The van der Waals surface area contributed by atoms with E-state index in [0.717, 1.165) is 10.6 Å². The number of halogens is 5. The van der Waals surface area contributed by atoms with E-state index in [4.69, 9.17) is 18.9 Å². The zero-order valence-electron chi connectivity index (χ0n) is 44.9. The average Bonchev–Trinajstić information content (AvgIpc) is 4.12. The number of nitrogens with one attached hydrogen (secondary N) is 3. The minimum Gasteiger partial charge on any atom is -0.420 e. The maximum absolute atomic E-state index is 14.5. The Bertz CT molecular complexity index is 2380. The Labute approximate surface area is 445 Å². The van der Waals surface area contributed by atoms with Crippen molar-refractivity contribution in [3.05, 3.63) is 81.6 Å². The van der Waals surface area contributed by atoms with Crippen molar-refractivity contribution in [3.8, 4) is 5.75 Å². The van der Waals surface area contributed by atoms with Crippen molar-refractivity contribution in [1.82, 2.24) is 30.7 Å². The summed E-state index contributed by atoms with van der Waals surface area (Å²) in [7, 11) is 4.65. The van der Waals surface area contributed by atoms with Crippen LogP contribution in [0.1, 0.15) is 104 Å². The van der Waals surface area contributed by atoms with Crippen molar-refractivity contribution in [2.24, 2.45) is 17.8 Å². The summed E-state index contributed by atoms with van der Waals surface area (Å²) in [5.74, 6) is -17.8. The maximum atomic E-state index is 14.5. The molecule has 1 saturated heterocycles. The normalized spacial score (nSPS) is 16.5. The Morgan fingerprint density at radius 1 is 0.855 bits per heavy atom. The molecule has 8 atom stereocenters. The van der Waals surface area contributed by atoms with Crippen molar-refractivity contribution in [2.75, 3.05) is 54.2 Å². The van der Waals surface area contributed by atoms with Crippen LogP contribution < -0.4 is 20.7 Å². The quantitative estimate of drug-likeness (QED) is 0.0161. The lowest BCUT2D eigenvalue weighted by Crippen LogP contribution is -2.62. The highest BCUT2D eigenvalue weighted by Crippen LogP contribution is 2.32. The molecular weight excluding hydrogens is 1020 g/mol. The Kier molecular flexibility index (Phi) is 24.6. The fourth-order valence-corrected chi connectivity index (χ4v) is 9.76. The van der Waals surface area contributed by atoms with Gasteiger partial charge in [0.2, 0.25) is 64.4 Å². The number of rotatable bonds is 30. The van der Waals surface area contributed by atoms with E-state index in [2.05, 4.69) is 25.7 Å². The maximum Gasteiger partial charge on any atom is 0.313 e. The molecule has 23 heteroatoms. The molecule has 0 saturated carbocycles. The number of likely N-dealkylation sites (tertiary alicyclic amines) is 1. The van der Waals surface area contributed by atoms with Gasteiger partial charge in [-0.25, -0.2) is 18.2 Å². The summed E-state index contributed by atoms with van der Waals surface area (Å²) in [5, 5.41) is 11.3. The number of nitrogens with zero attached hydrogens (tertiary/aromatic N) is 3. The van der Waals surface area contributed by atoms with Crippen LogP contribution in [0.5, 0.6) is 5.75 Å². The number of hydrogen-bond donors (Lipinski definition) is 3. The monoisotopic (exact) mass is 1100 g/mol. The highest BCUT2D eigenvalue weighted by molar-refractivity contribution is 7.09. The first kappa shape index (κ1) is 62.9.